The second kappa shape index (κ2) is 7.26. The third kappa shape index (κ3) is 4.70. The number of nitrogens with one attached hydrogen (secondary N) is 1. The van der Waals surface area contributed by atoms with E-state index >= 15 is 0 Å². The van der Waals surface area contributed by atoms with Crippen molar-refractivity contribution in [3.8, 4) is 5.88 Å². The predicted octanol–water partition coefficient (Wildman–Crippen LogP) is 4.15. The number of ether oxygens (including phenoxy) is 1. The van der Waals surface area contributed by atoms with Crippen molar-refractivity contribution in [2.75, 3.05) is 0 Å². The van der Waals surface area contributed by atoms with E-state index < -0.39 is 0 Å². The Bertz CT molecular complexity index is 471. The van der Waals surface area contributed by atoms with Crippen LogP contribution in [0.3, 0.4) is 0 Å². The third-order valence-corrected chi connectivity index (χ3v) is 4.29. The molecule has 2 atom stereocenters. The minimum atomic E-state index is 0.334. The largest absolute Gasteiger partial charge is 0.474 e. The van der Waals surface area contributed by atoms with Crippen LogP contribution in [0.25, 0.3) is 0 Å². The van der Waals surface area contributed by atoms with E-state index in [0.29, 0.717) is 12.1 Å². The Hall–Kier alpha value is -1.09. The van der Waals surface area contributed by atoms with Crippen molar-refractivity contribution in [2.45, 2.75) is 79.0 Å². The highest BCUT2D eigenvalue weighted by Gasteiger charge is 2.22. The van der Waals surface area contributed by atoms with Crippen molar-refractivity contribution >= 4 is 0 Å². The Morgan fingerprint density at radius 1 is 1.33 bits per heavy atom. The fraction of sp³-hybridized carbons (Fsp3) is 0.722. The summed E-state index contributed by atoms with van der Waals surface area (Å²) in [5.74, 6) is 1.62. The lowest BCUT2D eigenvalue weighted by Gasteiger charge is -2.28. The summed E-state index contributed by atoms with van der Waals surface area (Å²) in [5.41, 5.74) is 3.53. The lowest BCUT2D eigenvalue weighted by atomic mass is 9.89. The van der Waals surface area contributed by atoms with Crippen LogP contribution in [0, 0.1) is 19.8 Å². The van der Waals surface area contributed by atoms with E-state index in [1.54, 1.807) is 0 Å². The minimum absolute atomic E-state index is 0.334. The number of rotatable bonds is 5. The summed E-state index contributed by atoms with van der Waals surface area (Å²) < 4.78 is 6.30. The van der Waals surface area contributed by atoms with Crippen molar-refractivity contribution in [1.82, 2.24) is 10.3 Å². The maximum Gasteiger partial charge on any atom is 0.218 e. The molecule has 2 rings (SSSR count). The van der Waals surface area contributed by atoms with Crippen molar-refractivity contribution in [3.05, 3.63) is 22.9 Å². The van der Waals surface area contributed by atoms with Crippen LogP contribution in [0.5, 0.6) is 5.88 Å². The van der Waals surface area contributed by atoms with Gasteiger partial charge < -0.3 is 10.1 Å². The number of pyridine rings is 1. The van der Waals surface area contributed by atoms with Crippen molar-refractivity contribution in [2.24, 2.45) is 5.92 Å². The van der Waals surface area contributed by atoms with Gasteiger partial charge in [0.15, 0.2) is 0 Å². The normalized spacial score (nSPS) is 22.6. The van der Waals surface area contributed by atoms with E-state index in [9.17, 15) is 0 Å². The molecule has 0 saturated heterocycles. The highest BCUT2D eigenvalue weighted by atomic mass is 16.5. The average Bonchev–Trinajstić information content (AvgIpc) is 2.37. The first-order chi connectivity index (χ1) is 9.95. The maximum absolute atomic E-state index is 6.30. The molecule has 1 aromatic rings. The van der Waals surface area contributed by atoms with Gasteiger partial charge in [-0.05, 0) is 50.7 Å². The van der Waals surface area contributed by atoms with Crippen LogP contribution in [-0.2, 0) is 6.54 Å². The van der Waals surface area contributed by atoms with Gasteiger partial charge in [-0.1, -0.05) is 27.2 Å². The van der Waals surface area contributed by atoms with Gasteiger partial charge in [-0.2, -0.15) is 0 Å². The zero-order chi connectivity index (χ0) is 15.4. The Morgan fingerprint density at radius 2 is 2.10 bits per heavy atom. The average molecular weight is 290 g/mol. The Morgan fingerprint density at radius 3 is 2.76 bits per heavy atom. The van der Waals surface area contributed by atoms with Crippen LogP contribution in [0.2, 0.25) is 0 Å². The SMILES string of the molecule is Cc1cc(C)c(CNC(C)C)c(OC2CCCC(C)C2)n1. The molecule has 21 heavy (non-hydrogen) atoms. The number of aromatic nitrogens is 1. The smallest absolute Gasteiger partial charge is 0.218 e. The summed E-state index contributed by atoms with van der Waals surface area (Å²) in [4.78, 5) is 4.67. The van der Waals surface area contributed by atoms with Gasteiger partial charge in [0.25, 0.3) is 0 Å². The molecule has 0 aliphatic heterocycles. The molecule has 0 spiro atoms. The van der Waals surface area contributed by atoms with Crippen LogP contribution in [0.15, 0.2) is 6.07 Å². The van der Waals surface area contributed by atoms with Gasteiger partial charge in [-0.25, -0.2) is 4.98 Å². The monoisotopic (exact) mass is 290 g/mol. The van der Waals surface area contributed by atoms with Gasteiger partial charge in [-0.15, -0.1) is 0 Å². The molecule has 1 heterocycles. The molecule has 2 unspecified atom stereocenters. The molecule has 1 saturated carbocycles. The summed E-state index contributed by atoms with van der Waals surface area (Å²) in [5, 5.41) is 3.49. The summed E-state index contributed by atoms with van der Waals surface area (Å²) >= 11 is 0. The molecule has 118 valence electrons. The quantitative estimate of drug-likeness (QED) is 0.884. The van der Waals surface area contributed by atoms with E-state index in [1.165, 1.54) is 24.0 Å². The van der Waals surface area contributed by atoms with Crippen molar-refractivity contribution in [3.63, 3.8) is 0 Å². The number of hydrogen-bond acceptors (Lipinski definition) is 3. The van der Waals surface area contributed by atoms with Gasteiger partial charge in [-0.3, -0.25) is 0 Å². The Balaban J connectivity index is 2.15. The molecule has 3 nitrogen and oxygen atoms in total. The van der Waals surface area contributed by atoms with E-state index in [-0.39, 0.29) is 0 Å². The summed E-state index contributed by atoms with van der Waals surface area (Å²) in [6, 6.07) is 2.61. The summed E-state index contributed by atoms with van der Waals surface area (Å²) in [6.45, 7) is 11.7. The van der Waals surface area contributed by atoms with Crippen molar-refractivity contribution in [1.29, 1.82) is 0 Å². The second-order valence-electron chi connectivity index (χ2n) is 6.91. The van der Waals surface area contributed by atoms with Crippen LogP contribution in [0.4, 0.5) is 0 Å². The molecule has 0 amide bonds. The highest BCUT2D eigenvalue weighted by Crippen LogP contribution is 2.29. The zero-order valence-electron chi connectivity index (χ0n) is 14.2. The summed E-state index contributed by atoms with van der Waals surface area (Å²) in [7, 11) is 0. The highest BCUT2D eigenvalue weighted by molar-refractivity contribution is 5.36. The molecule has 1 aliphatic carbocycles. The fourth-order valence-electron chi connectivity index (χ4n) is 3.09. The molecule has 0 bridgehead atoms. The van der Waals surface area contributed by atoms with Gasteiger partial charge >= 0.3 is 0 Å². The van der Waals surface area contributed by atoms with Gasteiger partial charge in [0.05, 0.1) is 0 Å². The number of aryl methyl sites for hydroxylation is 2. The molecule has 3 heteroatoms. The lowest BCUT2D eigenvalue weighted by Crippen LogP contribution is -2.27. The van der Waals surface area contributed by atoms with Gasteiger partial charge in [0.2, 0.25) is 5.88 Å². The van der Waals surface area contributed by atoms with Crippen LogP contribution >= 0.6 is 0 Å². The summed E-state index contributed by atoms with van der Waals surface area (Å²) in [6.07, 6.45) is 5.26. The predicted molar refractivity (Wildman–Crippen MR) is 87.7 cm³/mol. The van der Waals surface area contributed by atoms with Crippen LogP contribution in [-0.4, -0.2) is 17.1 Å². The zero-order valence-corrected chi connectivity index (χ0v) is 14.2. The topological polar surface area (TPSA) is 34.1 Å². The van der Waals surface area contributed by atoms with Gasteiger partial charge in [0.1, 0.15) is 6.10 Å². The van der Waals surface area contributed by atoms with E-state index in [4.69, 9.17) is 4.74 Å². The molecular formula is C18H30N2O. The Kier molecular flexibility index (Phi) is 5.63. The first-order valence-corrected chi connectivity index (χ1v) is 8.33. The fourth-order valence-corrected chi connectivity index (χ4v) is 3.09. The molecule has 1 N–H and O–H groups in total. The second-order valence-corrected chi connectivity index (χ2v) is 6.91. The molecule has 1 aliphatic rings. The molecule has 1 aromatic heterocycles. The first-order valence-electron chi connectivity index (χ1n) is 8.33. The molecule has 1 fully saturated rings. The lowest BCUT2D eigenvalue weighted by molar-refractivity contribution is 0.122. The molecule has 0 aromatic carbocycles. The van der Waals surface area contributed by atoms with E-state index in [2.05, 4.69) is 44.1 Å². The van der Waals surface area contributed by atoms with E-state index in [0.717, 1.165) is 36.9 Å². The Labute approximate surface area is 129 Å². The van der Waals surface area contributed by atoms with Crippen molar-refractivity contribution < 1.29 is 4.74 Å². The number of nitrogens with zero attached hydrogens (tertiary/aromatic N) is 1. The molecule has 0 radical (unpaired) electrons. The standard InChI is InChI=1S/C18H30N2O/c1-12(2)19-11-17-14(4)10-15(5)20-18(17)21-16-8-6-7-13(3)9-16/h10,12-13,16,19H,6-9,11H2,1-5H3. The minimum Gasteiger partial charge on any atom is -0.474 e. The number of hydrogen-bond donors (Lipinski definition) is 1. The first kappa shape index (κ1) is 16.3. The van der Waals surface area contributed by atoms with Gasteiger partial charge in [0, 0.05) is 23.8 Å². The van der Waals surface area contributed by atoms with Crippen LogP contribution in [0.1, 0.15) is 63.3 Å². The van der Waals surface area contributed by atoms with E-state index in [1.807, 2.05) is 6.92 Å². The molecular weight excluding hydrogens is 260 g/mol. The van der Waals surface area contributed by atoms with Crippen LogP contribution < -0.4 is 10.1 Å². The maximum atomic E-state index is 6.30. The third-order valence-electron chi connectivity index (χ3n) is 4.29.